The van der Waals surface area contributed by atoms with Crippen LogP contribution >= 0.6 is 11.6 Å². The molecule has 6 nitrogen and oxygen atoms in total. The summed E-state index contributed by atoms with van der Waals surface area (Å²) in [5.41, 5.74) is 0.446. The smallest absolute Gasteiger partial charge is 0.251 e. The molecule has 0 fully saturated rings. The van der Waals surface area contributed by atoms with Crippen LogP contribution in [0.5, 0.6) is 11.5 Å². The summed E-state index contributed by atoms with van der Waals surface area (Å²) in [6.45, 7) is 7.40. The number of hydrogen-bond donors (Lipinski definition) is 1. The Morgan fingerprint density at radius 3 is 2.74 bits per heavy atom. The summed E-state index contributed by atoms with van der Waals surface area (Å²) in [6, 6.07) is 7.05. The van der Waals surface area contributed by atoms with Crippen molar-refractivity contribution in [1.29, 1.82) is 0 Å². The number of nitrogens with one attached hydrogen (secondary N) is 1. The maximum atomic E-state index is 12.7. The Morgan fingerprint density at radius 1 is 1.26 bits per heavy atom. The van der Waals surface area contributed by atoms with Crippen LogP contribution in [0, 0.1) is 0 Å². The van der Waals surface area contributed by atoms with Crippen molar-refractivity contribution in [2.45, 2.75) is 26.3 Å². The molecular weight excluding hydrogens is 368 g/mol. The van der Waals surface area contributed by atoms with Crippen LogP contribution in [0.3, 0.4) is 0 Å². The van der Waals surface area contributed by atoms with Gasteiger partial charge in [-0.1, -0.05) is 25.4 Å². The van der Waals surface area contributed by atoms with Crippen LogP contribution in [0.1, 0.15) is 42.4 Å². The second kappa shape index (κ2) is 9.15. The Labute approximate surface area is 164 Å². The van der Waals surface area contributed by atoms with Gasteiger partial charge in [0.25, 0.3) is 5.91 Å². The van der Waals surface area contributed by atoms with Gasteiger partial charge in [-0.15, -0.1) is 0 Å². The Bertz CT molecular complexity index is 760. The third kappa shape index (κ3) is 4.57. The molecule has 2 aromatic rings. The lowest BCUT2D eigenvalue weighted by atomic mass is 10.1. The number of nitrogens with zero attached hydrogens (tertiary/aromatic N) is 1. The van der Waals surface area contributed by atoms with Gasteiger partial charge in [0, 0.05) is 18.5 Å². The van der Waals surface area contributed by atoms with E-state index in [2.05, 4.69) is 24.1 Å². The van der Waals surface area contributed by atoms with Crippen molar-refractivity contribution in [3.05, 3.63) is 46.9 Å². The Hall–Kier alpha value is -2.18. The number of hydrogen-bond acceptors (Lipinski definition) is 5. The molecule has 1 aliphatic heterocycles. The van der Waals surface area contributed by atoms with E-state index in [1.54, 1.807) is 18.4 Å². The number of likely N-dealkylation sites (N-methyl/N-ethyl adjacent to an activating group) is 1. The van der Waals surface area contributed by atoms with Gasteiger partial charge in [0.1, 0.15) is 5.76 Å². The normalized spacial score (nSPS) is 14.7. The summed E-state index contributed by atoms with van der Waals surface area (Å²) < 4.78 is 16.9. The second-order valence-electron chi connectivity index (χ2n) is 6.30. The molecule has 1 aromatic heterocycles. The fourth-order valence-electron chi connectivity index (χ4n) is 3.21. The minimum absolute atomic E-state index is 0.0326. The van der Waals surface area contributed by atoms with E-state index < -0.39 is 0 Å². The molecule has 7 heteroatoms. The molecule has 1 aliphatic rings. The summed E-state index contributed by atoms with van der Waals surface area (Å²) >= 11 is 6.29. The van der Waals surface area contributed by atoms with E-state index in [0.29, 0.717) is 41.8 Å². The van der Waals surface area contributed by atoms with Gasteiger partial charge in [-0.2, -0.15) is 0 Å². The van der Waals surface area contributed by atoms with E-state index in [4.69, 9.17) is 25.5 Å². The lowest BCUT2D eigenvalue weighted by Gasteiger charge is -2.28. The van der Waals surface area contributed by atoms with Gasteiger partial charge in [0.2, 0.25) is 0 Å². The monoisotopic (exact) mass is 392 g/mol. The molecule has 1 aromatic carbocycles. The van der Waals surface area contributed by atoms with Crippen LogP contribution in [0.4, 0.5) is 0 Å². The van der Waals surface area contributed by atoms with Crippen LogP contribution in [0.15, 0.2) is 34.9 Å². The molecule has 1 N–H and O–H groups in total. The minimum atomic E-state index is -0.212. The van der Waals surface area contributed by atoms with Crippen molar-refractivity contribution in [2.24, 2.45) is 0 Å². The molecule has 2 heterocycles. The standard InChI is InChI=1S/C20H25ClN2O4/c1-3-23(4-2)16(17-7-5-8-25-17)13-22-20(24)14-11-15(21)19-18(12-14)26-9-6-10-27-19/h5,7-8,11-12,16H,3-4,6,9-10,13H2,1-2H3,(H,22,24). The molecule has 1 atom stereocenters. The fourth-order valence-corrected chi connectivity index (χ4v) is 3.47. The average Bonchev–Trinajstić information content (AvgIpc) is 3.09. The Kier molecular flexibility index (Phi) is 6.63. The Balaban J connectivity index is 1.74. The molecule has 0 radical (unpaired) electrons. The van der Waals surface area contributed by atoms with Crippen molar-refractivity contribution in [3.63, 3.8) is 0 Å². The van der Waals surface area contributed by atoms with Crippen LogP contribution in [-0.4, -0.2) is 43.7 Å². The maximum Gasteiger partial charge on any atom is 0.251 e. The first-order valence-corrected chi connectivity index (χ1v) is 9.66. The molecular formula is C20H25ClN2O4. The highest BCUT2D eigenvalue weighted by Crippen LogP contribution is 2.38. The largest absolute Gasteiger partial charge is 0.489 e. The van der Waals surface area contributed by atoms with Crippen LogP contribution in [-0.2, 0) is 0 Å². The number of ether oxygens (including phenoxy) is 2. The molecule has 3 rings (SSSR count). The summed E-state index contributed by atoms with van der Waals surface area (Å²) in [6.07, 6.45) is 2.43. The van der Waals surface area contributed by atoms with Gasteiger partial charge >= 0.3 is 0 Å². The van der Waals surface area contributed by atoms with Crippen LogP contribution < -0.4 is 14.8 Å². The van der Waals surface area contributed by atoms with Gasteiger partial charge in [-0.25, -0.2) is 0 Å². The van der Waals surface area contributed by atoms with Crippen molar-refractivity contribution in [3.8, 4) is 11.5 Å². The third-order valence-corrected chi connectivity index (χ3v) is 4.93. The second-order valence-corrected chi connectivity index (χ2v) is 6.71. The van der Waals surface area contributed by atoms with Gasteiger partial charge in [-0.3, -0.25) is 9.69 Å². The first-order valence-electron chi connectivity index (χ1n) is 9.28. The summed E-state index contributed by atoms with van der Waals surface area (Å²) in [5, 5.41) is 3.37. The molecule has 0 saturated heterocycles. The van der Waals surface area contributed by atoms with Crippen molar-refractivity contribution in [2.75, 3.05) is 32.8 Å². The molecule has 0 bridgehead atoms. The number of amides is 1. The number of halogens is 1. The van der Waals surface area contributed by atoms with Crippen LogP contribution in [0.2, 0.25) is 5.02 Å². The average molecular weight is 393 g/mol. The summed E-state index contributed by atoms with van der Waals surface area (Å²) in [4.78, 5) is 15.0. The molecule has 27 heavy (non-hydrogen) atoms. The zero-order valence-electron chi connectivity index (χ0n) is 15.7. The zero-order chi connectivity index (χ0) is 19.2. The first kappa shape index (κ1) is 19.6. The zero-order valence-corrected chi connectivity index (χ0v) is 16.4. The molecule has 1 unspecified atom stereocenters. The number of rotatable bonds is 7. The SMILES string of the molecule is CCN(CC)C(CNC(=O)c1cc(Cl)c2c(c1)OCCCO2)c1ccco1. The Morgan fingerprint density at radius 2 is 2.04 bits per heavy atom. The van der Waals surface area contributed by atoms with Gasteiger partial charge in [-0.05, 0) is 37.4 Å². The lowest BCUT2D eigenvalue weighted by Crippen LogP contribution is -2.37. The molecule has 0 saturated carbocycles. The van der Waals surface area contributed by atoms with E-state index in [0.717, 1.165) is 25.3 Å². The predicted molar refractivity (Wildman–Crippen MR) is 104 cm³/mol. The van der Waals surface area contributed by atoms with E-state index in [1.807, 2.05) is 12.1 Å². The number of fused-ring (bicyclic) bond motifs is 1. The minimum Gasteiger partial charge on any atom is -0.489 e. The van der Waals surface area contributed by atoms with Gasteiger partial charge in [0.15, 0.2) is 11.5 Å². The van der Waals surface area contributed by atoms with Crippen molar-refractivity contribution >= 4 is 17.5 Å². The molecule has 1 amide bonds. The number of furan rings is 1. The van der Waals surface area contributed by atoms with Crippen molar-refractivity contribution in [1.82, 2.24) is 10.2 Å². The van der Waals surface area contributed by atoms with Gasteiger partial charge < -0.3 is 19.2 Å². The summed E-state index contributed by atoms with van der Waals surface area (Å²) in [7, 11) is 0. The van der Waals surface area contributed by atoms with Crippen LogP contribution in [0.25, 0.3) is 0 Å². The molecule has 146 valence electrons. The fraction of sp³-hybridized carbons (Fsp3) is 0.450. The van der Waals surface area contributed by atoms with Crippen molar-refractivity contribution < 1.29 is 18.7 Å². The van der Waals surface area contributed by atoms with E-state index in [1.165, 1.54) is 0 Å². The predicted octanol–water partition coefficient (Wildman–Crippen LogP) is 3.91. The highest BCUT2D eigenvalue weighted by molar-refractivity contribution is 6.32. The van der Waals surface area contributed by atoms with E-state index in [9.17, 15) is 4.79 Å². The lowest BCUT2D eigenvalue weighted by molar-refractivity contribution is 0.0929. The number of carbonyl (C=O) groups is 1. The number of benzene rings is 1. The highest BCUT2D eigenvalue weighted by atomic mass is 35.5. The quantitative estimate of drug-likeness (QED) is 0.774. The third-order valence-electron chi connectivity index (χ3n) is 4.65. The van der Waals surface area contributed by atoms with E-state index >= 15 is 0 Å². The van der Waals surface area contributed by atoms with Gasteiger partial charge in [0.05, 0.1) is 30.5 Å². The maximum absolute atomic E-state index is 12.7. The highest BCUT2D eigenvalue weighted by Gasteiger charge is 2.23. The van der Waals surface area contributed by atoms with E-state index in [-0.39, 0.29) is 11.9 Å². The topological polar surface area (TPSA) is 63.9 Å². The molecule has 0 spiro atoms. The summed E-state index contributed by atoms with van der Waals surface area (Å²) in [5.74, 6) is 1.63. The first-order chi connectivity index (χ1) is 13.1. The number of carbonyl (C=O) groups excluding carboxylic acids is 1. The molecule has 0 aliphatic carbocycles.